The second-order valence-electron chi connectivity index (χ2n) is 4.63. The zero-order chi connectivity index (χ0) is 16.7. The van der Waals surface area contributed by atoms with E-state index in [1.54, 1.807) is 42.6 Å². The summed E-state index contributed by atoms with van der Waals surface area (Å²) in [4.78, 5) is 14.7. The van der Waals surface area contributed by atoms with E-state index in [-0.39, 0.29) is 11.4 Å². The van der Waals surface area contributed by atoms with E-state index in [4.69, 9.17) is 4.74 Å². The van der Waals surface area contributed by atoms with Gasteiger partial charge in [-0.2, -0.15) is 0 Å². The second-order valence-corrected chi connectivity index (χ2v) is 4.63. The molecule has 0 aromatic heterocycles. The Labute approximate surface area is 133 Å². The minimum absolute atomic E-state index is 0.0296. The summed E-state index contributed by atoms with van der Waals surface area (Å²) in [5, 5.41) is 23.8. The number of phenols is 1. The highest BCUT2D eigenvalue weighted by Crippen LogP contribution is 2.28. The molecule has 0 spiro atoms. The van der Waals surface area contributed by atoms with Crippen LogP contribution < -0.4 is 10.1 Å². The standard InChI is InChI=1S/C16H17N3O4/c1-23-15-8-4-5-12(16(15)20)11-17-9-10-18-13-6-2-3-7-14(13)19(21)22/h2-8,11,18,20H,9-10H2,1H3. The molecular weight excluding hydrogens is 298 g/mol. The predicted molar refractivity (Wildman–Crippen MR) is 88.7 cm³/mol. The van der Waals surface area contributed by atoms with Gasteiger partial charge in [-0.1, -0.05) is 18.2 Å². The summed E-state index contributed by atoms with van der Waals surface area (Å²) in [6.45, 7) is 0.842. The number of para-hydroxylation sites is 3. The predicted octanol–water partition coefficient (Wildman–Crippen LogP) is 2.84. The van der Waals surface area contributed by atoms with Crippen LogP contribution in [0.25, 0.3) is 0 Å². The van der Waals surface area contributed by atoms with Crippen LogP contribution in [-0.4, -0.2) is 36.4 Å². The lowest BCUT2D eigenvalue weighted by molar-refractivity contribution is -0.384. The Kier molecular flexibility index (Phi) is 5.51. The molecule has 7 nitrogen and oxygen atoms in total. The molecule has 0 amide bonds. The van der Waals surface area contributed by atoms with E-state index < -0.39 is 4.92 Å². The number of nitrogens with zero attached hydrogens (tertiary/aromatic N) is 2. The quantitative estimate of drug-likeness (QED) is 0.354. The highest BCUT2D eigenvalue weighted by atomic mass is 16.6. The van der Waals surface area contributed by atoms with Crippen LogP contribution in [-0.2, 0) is 0 Å². The van der Waals surface area contributed by atoms with Crippen LogP contribution in [0.15, 0.2) is 47.5 Å². The Hall–Kier alpha value is -3.09. The number of hydrogen-bond acceptors (Lipinski definition) is 6. The van der Waals surface area contributed by atoms with Crippen LogP contribution in [0.2, 0.25) is 0 Å². The maximum Gasteiger partial charge on any atom is 0.292 e. The van der Waals surface area contributed by atoms with E-state index in [1.807, 2.05) is 0 Å². The van der Waals surface area contributed by atoms with Crippen LogP contribution in [0.1, 0.15) is 5.56 Å². The zero-order valence-corrected chi connectivity index (χ0v) is 12.6. The van der Waals surface area contributed by atoms with Gasteiger partial charge in [-0.3, -0.25) is 15.1 Å². The molecule has 0 atom stereocenters. The van der Waals surface area contributed by atoms with Gasteiger partial charge in [0.1, 0.15) is 5.69 Å². The van der Waals surface area contributed by atoms with Crippen LogP contribution in [0, 0.1) is 10.1 Å². The smallest absolute Gasteiger partial charge is 0.292 e. The average molecular weight is 315 g/mol. The van der Waals surface area contributed by atoms with Crippen LogP contribution in [0.5, 0.6) is 11.5 Å². The Morgan fingerprint density at radius 2 is 2.09 bits per heavy atom. The molecule has 0 unspecified atom stereocenters. The summed E-state index contributed by atoms with van der Waals surface area (Å²) in [5.41, 5.74) is 1.04. The average Bonchev–Trinajstić information content (AvgIpc) is 2.56. The molecule has 0 aliphatic rings. The molecule has 0 saturated heterocycles. The summed E-state index contributed by atoms with van der Waals surface area (Å²) < 4.78 is 5.02. The third kappa shape index (κ3) is 4.19. The van der Waals surface area contributed by atoms with E-state index in [2.05, 4.69) is 10.3 Å². The second kappa shape index (κ2) is 7.79. The molecule has 2 aromatic carbocycles. The number of aliphatic imine (C=N–C) groups is 1. The van der Waals surface area contributed by atoms with Crippen molar-refractivity contribution in [2.75, 3.05) is 25.5 Å². The minimum atomic E-state index is -0.431. The summed E-state index contributed by atoms with van der Waals surface area (Å²) in [7, 11) is 1.48. The maximum atomic E-state index is 10.9. The van der Waals surface area contributed by atoms with E-state index in [0.717, 1.165) is 0 Å². The van der Waals surface area contributed by atoms with Gasteiger partial charge in [0, 0.05) is 24.4 Å². The Morgan fingerprint density at radius 3 is 2.83 bits per heavy atom. The van der Waals surface area contributed by atoms with Crippen molar-refractivity contribution in [3.05, 3.63) is 58.1 Å². The first kappa shape index (κ1) is 16.3. The molecule has 2 N–H and O–H groups in total. The number of ether oxygens (including phenoxy) is 1. The molecule has 23 heavy (non-hydrogen) atoms. The topological polar surface area (TPSA) is 97.0 Å². The van der Waals surface area contributed by atoms with Gasteiger partial charge in [-0.05, 0) is 18.2 Å². The van der Waals surface area contributed by atoms with Crippen molar-refractivity contribution >= 4 is 17.6 Å². The lowest BCUT2D eigenvalue weighted by Crippen LogP contribution is -2.07. The fraction of sp³-hybridized carbons (Fsp3) is 0.188. The Morgan fingerprint density at radius 1 is 1.30 bits per heavy atom. The van der Waals surface area contributed by atoms with Gasteiger partial charge in [0.15, 0.2) is 11.5 Å². The lowest BCUT2D eigenvalue weighted by Gasteiger charge is -2.06. The van der Waals surface area contributed by atoms with Crippen molar-refractivity contribution in [1.29, 1.82) is 0 Å². The van der Waals surface area contributed by atoms with Crippen molar-refractivity contribution in [2.45, 2.75) is 0 Å². The summed E-state index contributed by atoms with van der Waals surface area (Å²) in [6, 6.07) is 11.6. The Bertz CT molecular complexity index is 716. The number of aromatic hydroxyl groups is 1. The zero-order valence-electron chi connectivity index (χ0n) is 12.6. The summed E-state index contributed by atoms with van der Waals surface area (Å²) in [6.07, 6.45) is 1.54. The molecule has 0 saturated carbocycles. The molecule has 0 aliphatic carbocycles. The van der Waals surface area contributed by atoms with Crippen molar-refractivity contribution in [2.24, 2.45) is 4.99 Å². The van der Waals surface area contributed by atoms with Crippen molar-refractivity contribution in [3.63, 3.8) is 0 Å². The van der Waals surface area contributed by atoms with Crippen molar-refractivity contribution < 1.29 is 14.8 Å². The first-order valence-electron chi connectivity index (χ1n) is 6.96. The fourth-order valence-electron chi connectivity index (χ4n) is 2.01. The molecule has 0 radical (unpaired) electrons. The largest absolute Gasteiger partial charge is 0.504 e. The number of benzene rings is 2. The highest BCUT2D eigenvalue weighted by molar-refractivity contribution is 5.84. The first-order chi connectivity index (χ1) is 11.1. The van der Waals surface area contributed by atoms with Crippen LogP contribution in [0.3, 0.4) is 0 Å². The van der Waals surface area contributed by atoms with E-state index >= 15 is 0 Å². The van der Waals surface area contributed by atoms with Gasteiger partial charge in [-0.15, -0.1) is 0 Å². The highest BCUT2D eigenvalue weighted by Gasteiger charge is 2.11. The molecular formula is C16H17N3O4. The van der Waals surface area contributed by atoms with E-state index in [9.17, 15) is 15.2 Å². The third-order valence-electron chi connectivity index (χ3n) is 3.14. The first-order valence-corrected chi connectivity index (χ1v) is 6.96. The molecule has 2 rings (SSSR count). The fourth-order valence-corrected chi connectivity index (χ4v) is 2.01. The van der Waals surface area contributed by atoms with Gasteiger partial charge in [0.2, 0.25) is 0 Å². The normalized spacial score (nSPS) is 10.7. The van der Waals surface area contributed by atoms with E-state index in [1.165, 1.54) is 13.2 Å². The molecule has 0 fully saturated rings. The molecule has 2 aromatic rings. The number of methoxy groups -OCH3 is 1. The maximum absolute atomic E-state index is 10.9. The number of nitro groups is 1. The van der Waals surface area contributed by atoms with Crippen molar-refractivity contribution in [1.82, 2.24) is 0 Å². The number of hydrogen-bond donors (Lipinski definition) is 2. The monoisotopic (exact) mass is 315 g/mol. The molecule has 0 bridgehead atoms. The number of anilines is 1. The summed E-state index contributed by atoms with van der Waals surface area (Å²) in [5.74, 6) is 0.414. The SMILES string of the molecule is COc1cccc(C=NCCNc2ccccc2[N+](=O)[O-])c1O. The minimum Gasteiger partial charge on any atom is -0.504 e. The van der Waals surface area contributed by atoms with Gasteiger partial charge in [0.25, 0.3) is 5.69 Å². The number of phenolic OH excluding ortho intramolecular Hbond substituents is 1. The molecule has 0 heterocycles. The Balaban J connectivity index is 1.92. The van der Waals surface area contributed by atoms with Gasteiger partial charge in [0.05, 0.1) is 18.6 Å². The number of rotatable bonds is 7. The summed E-state index contributed by atoms with van der Waals surface area (Å²) >= 11 is 0. The van der Waals surface area contributed by atoms with E-state index in [0.29, 0.717) is 30.1 Å². The lowest BCUT2D eigenvalue weighted by atomic mass is 10.2. The number of nitrogens with one attached hydrogen (secondary N) is 1. The molecule has 7 heteroatoms. The number of nitro benzene ring substituents is 1. The molecule has 120 valence electrons. The molecule has 0 aliphatic heterocycles. The van der Waals surface area contributed by atoms with Crippen molar-refractivity contribution in [3.8, 4) is 11.5 Å². The van der Waals surface area contributed by atoms with Gasteiger partial charge < -0.3 is 15.2 Å². The van der Waals surface area contributed by atoms with Gasteiger partial charge in [-0.25, -0.2) is 0 Å². The van der Waals surface area contributed by atoms with Crippen LogP contribution in [0.4, 0.5) is 11.4 Å². The van der Waals surface area contributed by atoms with Gasteiger partial charge >= 0.3 is 0 Å². The van der Waals surface area contributed by atoms with Crippen LogP contribution >= 0.6 is 0 Å². The third-order valence-corrected chi connectivity index (χ3v) is 3.14.